The van der Waals surface area contributed by atoms with Gasteiger partial charge in [-0.2, -0.15) is 5.10 Å². The number of nitrogens with zero attached hydrogens (tertiary/aromatic N) is 5. The lowest BCUT2D eigenvalue weighted by Crippen LogP contribution is -1.95. The summed E-state index contributed by atoms with van der Waals surface area (Å²) in [5.41, 5.74) is 0.799. The molecule has 1 aromatic carbocycles. The van der Waals surface area contributed by atoms with Gasteiger partial charge in [0.15, 0.2) is 11.6 Å². The maximum absolute atomic E-state index is 10.7. The second-order valence-corrected chi connectivity index (χ2v) is 4.86. The number of hydrogen-bond donors (Lipinski definition) is 0. The predicted octanol–water partition coefficient (Wildman–Crippen LogP) is 2.95. The third-order valence-electron chi connectivity index (χ3n) is 3.24. The van der Waals surface area contributed by atoms with Gasteiger partial charge in [-0.1, -0.05) is 0 Å². The Bertz CT molecular complexity index is 857. The van der Waals surface area contributed by atoms with Crippen LogP contribution in [0.2, 0.25) is 0 Å². The van der Waals surface area contributed by atoms with Gasteiger partial charge in [0.2, 0.25) is 0 Å². The maximum Gasteiger partial charge on any atom is 0.269 e. The zero-order valence-corrected chi connectivity index (χ0v) is 12.5. The minimum Gasteiger partial charge on any atom is -0.455 e. The number of aromatic nitrogens is 3. The smallest absolute Gasteiger partial charge is 0.269 e. The molecule has 0 aliphatic carbocycles. The largest absolute Gasteiger partial charge is 0.455 e. The van der Waals surface area contributed by atoms with Crippen molar-refractivity contribution < 1.29 is 9.34 Å². The molecule has 3 rings (SSSR count). The van der Waals surface area contributed by atoms with Gasteiger partial charge < -0.3 is 4.42 Å². The Labute approximate surface area is 131 Å². The summed E-state index contributed by atoms with van der Waals surface area (Å²) in [6, 6.07) is 9.73. The lowest BCUT2D eigenvalue weighted by atomic mass is 10.1. The highest BCUT2D eigenvalue weighted by Crippen LogP contribution is 2.24. The third-order valence-corrected chi connectivity index (χ3v) is 3.24. The van der Waals surface area contributed by atoms with Gasteiger partial charge in [-0.3, -0.25) is 10.1 Å². The zero-order chi connectivity index (χ0) is 16.4. The normalized spacial score (nSPS) is 11.2. The summed E-state index contributed by atoms with van der Waals surface area (Å²) < 4.78 is 7.28. The van der Waals surface area contributed by atoms with Gasteiger partial charge in [-0.05, 0) is 38.1 Å². The molecular formula is C15H13N5O3. The van der Waals surface area contributed by atoms with Crippen LogP contribution in [0.3, 0.4) is 0 Å². The highest BCUT2D eigenvalue weighted by atomic mass is 16.6. The van der Waals surface area contributed by atoms with E-state index in [-0.39, 0.29) is 5.69 Å². The van der Waals surface area contributed by atoms with Crippen LogP contribution in [0.15, 0.2) is 45.9 Å². The lowest BCUT2D eigenvalue weighted by Gasteiger charge is -1.97. The van der Waals surface area contributed by atoms with Crippen molar-refractivity contribution in [3.8, 4) is 11.3 Å². The fraction of sp³-hybridized carbons (Fsp3) is 0.133. The van der Waals surface area contributed by atoms with Crippen LogP contribution in [-0.2, 0) is 0 Å². The van der Waals surface area contributed by atoms with Crippen LogP contribution in [0.5, 0.6) is 0 Å². The Balaban J connectivity index is 1.82. The van der Waals surface area contributed by atoms with E-state index in [2.05, 4.69) is 15.3 Å². The Hall–Kier alpha value is -3.29. The van der Waals surface area contributed by atoms with E-state index in [1.807, 2.05) is 13.8 Å². The van der Waals surface area contributed by atoms with Gasteiger partial charge in [0.1, 0.15) is 11.5 Å². The fourth-order valence-electron chi connectivity index (χ4n) is 2.07. The minimum atomic E-state index is -0.437. The molecule has 0 atom stereocenters. The molecule has 2 heterocycles. The van der Waals surface area contributed by atoms with E-state index in [0.717, 1.165) is 5.56 Å². The predicted molar refractivity (Wildman–Crippen MR) is 83.3 cm³/mol. The van der Waals surface area contributed by atoms with Crippen molar-refractivity contribution in [1.29, 1.82) is 0 Å². The highest BCUT2D eigenvalue weighted by Gasteiger charge is 2.08. The zero-order valence-electron chi connectivity index (χ0n) is 12.5. The Morgan fingerprint density at radius 1 is 1.13 bits per heavy atom. The molecule has 8 heteroatoms. The molecular weight excluding hydrogens is 298 g/mol. The van der Waals surface area contributed by atoms with Crippen LogP contribution >= 0.6 is 0 Å². The van der Waals surface area contributed by atoms with E-state index < -0.39 is 4.92 Å². The number of rotatable bonds is 4. The first kappa shape index (κ1) is 14.6. The van der Waals surface area contributed by atoms with Crippen molar-refractivity contribution >= 4 is 11.9 Å². The summed E-state index contributed by atoms with van der Waals surface area (Å²) in [5.74, 6) is 2.53. The first-order chi connectivity index (χ1) is 11.0. The average Bonchev–Trinajstić information content (AvgIpc) is 3.13. The van der Waals surface area contributed by atoms with Crippen molar-refractivity contribution in [3.05, 3.63) is 63.9 Å². The van der Waals surface area contributed by atoms with E-state index in [9.17, 15) is 10.1 Å². The highest BCUT2D eigenvalue weighted by molar-refractivity contribution is 5.77. The molecule has 0 unspecified atom stereocenters. The number of furan rings is 1. The Morgan fingerprint density at radius 3 is 2.39 bits per heavy atom. The minimum absolute atomic E-state index is 0.0423. The molecule has 3 aromatic rings. The second-order valence-electron chi connectivity index (χ2n) is 4.86. The third kappa shape index (κ3) is 3.00. The molecule has 8 nitrogen and oxygen atoms in total. The number of nitro groups is 1. The number of benzene rings is 1. The first-order valence-electron chi connectivity index (χ1n) is 6.82. The van der Waals surface area contributed by atoms with E-state index in [4.69, 9.17) is 4.42 Å². The molecule has 0 N–H and O–H groups in total. The SMILES string of the molecule is Cc1nnc(C)n1/N=C/c1ccc(-c2ccc([N+](=O)[O-])cc2)o1. The molecule has 0 bridgehead atoms. The van der Waals surface area contributed by atoms with Crippen LogP contribution in [-0.4, -0.2) is 26.0 Å². The van der Waals surface area contributed by atoms with Crippen molar-refractivity contribution in [2.45, 2.75) is 13.8 Å². The van der Waals surface area contributed by atoms with Crippen LogP contribution < -0.4 is 0 Å². The van der Waals surface area contributed by atoms with Crippen LogP contribution in [0.4, 0.5) is 5.69 Å². The van der Waals surface area contributed by atoms with Crippen molar-refractivity contribution in [2.24, 2.45) is 5.10 Å². The fourth-order valence-corrected chi connectivity index (χ4v) is 2.07. The molecule has 0 radical (unpaired) electrons. The standard InChI is InChI=1S/C15H13N5O3/c1-10-17-18-11(2)19(10)16-9-14-7-8-15(23-14)12-3-5-13(6-4-12)20(21)22/h3-9H,1-2H3/b16-9+. The van der Waals surface area contributed by atoms with Crippen molar-refractivity contribution in [2.75, 3.05) is 0 Å². The van der Waals surface area contributed by atoms with Crippen molar-refractivity contribution in [1.82, 2.24) is 14.9 Å². The molecule has 23 heavy (non-hydrogen) atoms. The quantitative estimate of drug-likeness (QED) is 0.419. The molecule has 0 aliphatic rings. The molecule has 0 amide bonds. The molecule has 2 aromatic heterocycles. The first-order valence-corrected chi connectivity index (χ1v) is 6.82. The van der Waals surface area contributed by atoms with Gasteiger partial charge in [0, 0.05) is 17.7 Å². The topological polar surface area (TPSA) is 99.3 Å². The molecule has 0 saturated carbocycles. The summed E-state index contributed by atoms with van der Waals surface area (Å²) in [6.07, 6.45) is 1.57. The maximum atomic E-state index is 10.7. The number of nitro benzene ring substituents is 1. The lowest BCUT2D eigenvalue weighted by molar-refractivity contribution is -0.384. The van der Waals surface area contributed by atoms with Gasteiger partial charge in [0.05, 0.1) is 11.1 Å². The summed E-state index contributed by atoms with van der Waals surface area (Å²) in [6.45, 7) is 3.61. The molecule has 0 fully saturated rings. The van der Waals surface area contributed by atoms with E-state index in [1.54, 1.807) is 35.2 Å². The van der Waals surface area contributed by atoms with Crippen LogP contribution in [0, 0.1) is 24.0 Å². The molecule has 0 spiro atoms. The summed E-state index contributed by atoms with van der Waals surface area (Å²) in [7, 11) is 0. The number of non-ortho nitro benzene ring substituents is 1. The van der Waals surface area contributed by atoms with Gasteiger partial charge in [0.25, 0.3) is 5.69 Å². The Morgan fingerprint density at radius 2 is 1.78 bits per heavy atom. The number of hydrogen-bond acceptors (Lipinski definition) is 6. The molecule has 0 saturated heterocycles. The van der Waals surface area contributed by atoms with Crippen LogP contribution in [0.25, 0.3) is 11.3 Å². The summed E-state index contributed by atoms with van der Waals surface area (Å²) >= 11 is 0. The van der Waals surface area contributed by atoms with E-state index in [1.165, 1.54) is 12.1 Å². The van der Waals surface area contributed by atoms with E-state index in [0.29, 0.717) is 23.2 Å². The van der Waals surface area contributed by atoms with Gasteiger partial charge >= 0.3 is 0 Å². The summed E-state index contributed by atoms with van der Waals surface area (Å²) in [5, 5.41) is 22.8. The number of aryl methyl sites for hydroxylation is 2. The second kappa shape index (κ2) is 5.84. The van der Waals surface area contributed by atoms with E-state index >= 15 is 0 Å². The van der Waals surface area contributed by atoms with Crippen LogP contribution in [0.1, 0.15) is 17.4 Å². The van der Waals surface area contributed by atoms with Gasteiger partial charge in [-0.15, -0.1) is 10.2 Å². The molecule has 0 aliphatic heterocycles. The van der Waals surface area contributed by atoms with Crippen molar-refractivity contribution in [3.63, 3.8) is 0 Å². The van der Waals surface area contributed by atoms with Gasteiger partial charge in [-0.25, -0.2) is 4.68 Å². The average molecular weight is 311 g/mol. The monoisotopic (exact) mass is 311 g/mol. The summed E-state index contributed by atoms with van der Waals surface area (Å²) in [4.78, 5) is 10.2. The Kier molecular flexibility index (Phi) is 3.71. The molecule has 116 valence electrons.